The van der Waals surface area contributed by atoms with E-state index in [9.17, 15) is 0 Å². The molecule has 0 bridgehead atoms. The molecule has 0 saturated heterocycles. The zero-order valence-corrected chi connectivity index (χ0v) is 13.3. The molecule has 1 heterocycles. The molecule has 2 aliphatic carbocycles. The molecular formula is C18H21N4+. The van der Waals surface area contributed by atoms with Crippen LogP contribution < -0.4 is 4.48 Å². The van der Waals surface area contributed by atoms with Crippen LogP contribution in [0.3, 0.4) is 0 Å². The summed E-state index contributed by atoms with van der Waals surface area (Å²) in [7, 11) is 2.23. The van der Waals surface area contributed by atoms with Crippen molar-refractivity contribution >= 4 is 5.69 Å². The molecule has 2 aliphatic rings. The highest BCUT2D eigenvalue weighted by atomic mass is 15.4. The maximum atomic E-state index is 4.38. The van der Waals surface area contributed by atoms with Gasteiger partial charge in [0.25, 0.3) is 0 Å². The second-order valence-corrected chi connectivity index (χ2v) is 5.71. The van der Waals surface area contributed by atoms with E-state index in [1.54, 1.807) is 0 Å². The van der Waals surface area contributed by atoms with E-state index in [1.165, 1.54) is 0 Å². The van der Waals surface area contributed by atoms with E-state index in [-0.39, 0.29) is 0 Å². The van der Waals surface area contributed by atoms with E-state index in [0.717, 1.165) is 46.5 Å². The van der Waals surface area contributed by atoms with Crippen molar-refractivity contribution in [3.05, 3.63) is 74.6 Å². The van der Waals surface area contributed by atoms with E-state index in [1.807, 2.05) is 25.7 Å². The number of aromatic nitrogens is 3. The first kappa shape index (κ1) is 15.9. The summed E-state index contributed by atoms with van der Waals surface area (Å²) in [6.07, 6.45) is 16.5. The molecule has 1 aromatic rings. The molecule has 112 valence electrons. The minimum atomic E-state index is 0.781. The SMILES string of the molecule is CC[N+](C)(CC)c1c([C]2[CH][CH][CH][CH]2)nnnc1[C]1[CH][CH][CH][CH]1. The lowest BCUT2D eigenvalue weighted by atomic mass is 9.94. The van der Waals surface area contributed by atoms with Gasteiger partial charge in [-0.1, -0.05) is 0 Å². The van der Waals surface area contributed by atoms with Crippen molar-refractivity contribution in [3.63, 3.8) is 0 Å². The minimum Gasteiger partial charge on any atom is -0.291 e. The fourth-order valence-corrected chi connectivity index (χ4v) is 2.82. The van der Waals surface area contributed by atoms with Crippen LogP contribution in [0.2, 0.25) is 0 Å². The quantitative estimate of drug-likeness (QED) is 0.782. The van der Waals surface area contributed by atoms with Crippen LogP contribution in [0.5, 0.6) is 0 Å². The number of quaternary nitrogens is 1. The molecule has 2 fully saturated rings. The number of hydrogen-bond donors (Lipinski definition) is 0. The van der Waals surface area contributed by atoms with Gasteiger partial charge in [0.1, 0.15) is 11.4 Å². The third kappa shape index (κ3) is 2.78. The van der Waals surface area contributed by atoms with E-state index in [0.29, 0.717) is 0 Å². The summed E-state index contributed by atoms with van der Waals surface area (Å²) in [6.45, 7) is 6.36. The summed E-state index contributed by atoms with van der Waals surface area (Å²) in [5.74, 6) is 2.20. The molecule has 22 heavy (non-hydrogen) atoms. The van der Waals surface area contributed by atoms with Crippen LogP contribution in [-0.4, -0.2) is 35.5 Å². The van der Waals surface area contributed by atoms with Crippen molar-refractivity contribution in [3.8, 4) is 0 Å². The first-order valence-corrected chi connectivity index (χ1v) is 7.72. The fourth-order valence-electron chi connectivity index (χ4n) is 2.82. The lowest BCUT2D eigenvalue weighted by molar-refractivity contribution is 0.357. The summed E-state index contributed by atoms with van der Waals surface area (Å²) in [5, 5.41) is 12.8. The van der Waals surface area contributed by atoms with Gasteiger partial charge in [0.05, 0.1) is 20.1 Å². The summed E-state index contributed by atoms with van der Waals surface area (Å²) in [6, 6.07) is 0. The van der Waals surface area contributed by atoms with Crippen LogP contribution in [0.15, 0.2) is 0 Å². The van der Waals surface area contributed by atoms with Crippen molar-refractivity contribution in [1.82, 2.24) is 19.9 Å². The molecule has 0 spiro atoms. The first-order valence-electron chi connectivity index (χ1n) is 7.72. The van der Waals surface area contributed by atoms with E-state index in [4.69, 9.17) is 0 Å². The van der Waals surface area contributed by atoms with Crippen LogP contribution in [0.1, 0.15) is 25.2 Å². The molecule has 0 atom stereocenters. The summed E-state index contributed by atoms with van der Waals surface area (Å²) in [4.78, 5) is 0. The standard InChI is InChI=1S/C18H21N4/c1-4-22(3,5-2)18-16(14-10-6-7-11-14)19-21-20-17(18)15-12-8-9-13-15/h6-13H,4-5H2,1-3H3/q+1. The maximum Gasteiger partial charge on any atom is 0.181 e. The first-order chi connectivity index (χ1) is 10.7. The Balaban J connectivity index is 2.10. The highest BCUT2D eigenvalue weighted by Gasteiger charge is 2.38. The Morgan fingerprint density at radius 3 is 1.55 bits per heavy atom. The number of rotatable bonds is 5. The predicted octanol–water partition coefficient (Wildman–Crippen LogP) is 2.36. The topological polar surface area (TPSA) is 38.7 Å². The van der Waals surface area contributed by atoms with Gasteiger partial charge in [-0.2, -0.15) is 0 Å². The maximum absolute atomic E-state index is 4.38. The fraction of sp³-hybridized carbons (Fsp3) is 0.278. The van der Waals surface area contributed by atoms with Gasteiger partial charge in [0.2, 0.25) is 0 Å². The van der Waals surface area contributed by atoms with Crippen molar-refractivity contribution in [1.29, 1.82) is 0 Å². The monoisotopic (exact) mass is 293 g/mol. The third-order valence-corrected chi connectivity index (χ3v) is 4.55. The molecule has 10 radical (unpaired) electrons. The predicted molar refractivity (Wildman–Crippen MR) is 87.7 cm³/mol. The van der Waals surface area contributed by atoms with Crippen LogP contribution in [0.25, 0.3) is 0 Å². The molecule has 0 aliphatic heterocycles. The minimum absolute atomic E-state index is 0.781. The Kier molecular flexibility index (Phi) is 4.76. The van der Waals surface area contributed by atoms with Crippen LogP contribution in [0, 0.1) is 63.2 Å². The van der Waals surface area contributed by atoms with Gasteiger partial charge >= 0.3 is 0 Å². The molecule has 0 unspecified atom stereocenters. The molecule has 1 aromatic heterocycles. The highest BCUT2D eigenvalue weighted by Crippen LogP contribution is 2.42. The number of hydrogen-bond acceptors (Lipinski definition) is 3. The van der Waals surface area contributed by atoms with E-state index < -0.39 is 0 Å². The smallest absolute Gasteiger partial charge is 0.181 e. The van der Waals surface area contributed by atoms with Crippen molar-refractivity contribution in [2.24, 2.45) is 0 Å². The Bertz CT molecular complexity index is 464. The summed E-state index contributed by atoms with van der Waals surface area (Å²) < 4.78 is 0.781. The zero-order valence-electron chi connectivity index (χ0n) is 13.3. The van der Waals surface area contributed by atoms with Crippen LogP contribution >= 0.6 is 0 Å². The normalized spacial score (nSPS) is 20.9. The number of nitrogens with zero attached hydrogens (tertiary/aromatic N) is 4. The molecular weight excluding hydrogens is 272 g/mol. The van der Waals surface area contributed by atoms with Crippen molar-refractivity contribution in [2.45, 2.75) is 13.8 Å². The molecule has 4 heteroatoms. The van der Waals surface area contributed by atoms with Gasteiger partial charge in [0.15, 0.2) is 5.69 Å². The van der Waals surface area contributed by atoms with Crippen molar-refractivity contribution in [2.75, 3.05) is 20.1 Å². The summed E-state index contributed by atoms with van der Waals surface area (Å²) in [5.41, 5.74) is 3.02. The Labute approximate surface area is 134 Å². The Hall–Kier alpha value is -1.03. The second kappa shape index (κ2) is 6.61. The average Bonchev–Trinajstić information content (AvgIpc) is 3.26. The molecule has 3 rings (SSSR count). The molecule has 0 amide bonds. The van der Waals surface area contributed by atoms with Gasteiger partial charge in [0, 0.05) is 11.8 Å². The Morgan fingerprint density at radius 1 is 0.773 bits per heavy atom. The zero-order chi connectivity index (χ0) is 15.6. The lowest BCUT2D eigenvalue weighted by Gasteiger charge is -2.35. The van der Waals surface area contributed by atoms with E-state index in [2.05, 4.69) is 62.0 Å². The molecule has 0 N–H and O–H groups in total. The van der Waals surface area contributed by atoms with Crippen LogP contribution in [-0.2, 0) is 0 Å². The largest absolute Gasteiger partial charge is 0.291 e. The van der Waals surface area contributed by atoms with Crippen LogP contribution in [0.4, 0.5) is 5.69 Å². The summed E-state index contributed by atoms with van der Waals surface area (Å²) >= 11 is 0. The van der Waals surface area contributed by atoms with E-state index >= 15 is 0 Å². The van der Waals surface area contributed by atoms with Gasteiger partial charge < -0.3 is 0 Å². The van der Waals surface area contributed by atoms with Gasteiger partial charge in [-0.25, -0.2) is 0 Å². The molecule has 2 saturated carbocycles. The molecule has 4 nitrogen and oxygen atoms in total. The van der Waals surface area contributed by atoms with Crippen molar-refractivity contribution < 1.29 is 0 Å². The average molecular weight is 293 g/mol. The molecule has 0 aromatic carbocycles. The van der Waals surface area contributed by atoms with Gasteiger partial charge in [-0.15, -0.1) is 10.2 Å². The highest BCUT2D eigenvalue weighted by molar-refractivity contribution is 5.67. The second-order valence-electron chi connectivity index (χ2n) is 5.71. The Morgan fingerprint density at radius 2 is 1.18 bits per heavy atom. The lowest BCUT2D eigenvalue weighted by Crippen LogP contribution is -2.47. The van der Waals surface area contributed by atoms with Gasteiger partial charge in [-0.05, 0) is 70.4 Å². The van der Waals surface area contributed by atoms with Gasteiger partial charge in [-0.3, -0.25) is 4.48 Å². The third-order valence-electron chi connectivity index (χ3n) is 4.55.